The number of aliphatic imine (C=N–C) groups is 1. The molecule has 1 fully saturated rings. The average molecular weight is 450 g/mol. The zero-order valence-corrected chi connectivity index (χ0v) is 19.6. The van der Waals surface area contributed by atoms with E-state index in [1.54, 1.807) is 0 Å². The molecule has 0 radical (unpaired) electrons. The van der Waals surface area contributed by atoms with Gasteiger partial charge in [0.15, 0.2) is 5.96 Å². The zero-order chi connectivity index (χ0) is 22.9. The summed E-state index contributed by atoms with van der Waals surface area (Å²) in [6.45, 7) is 9.46. The van der Waals surface area contributed by atoms with Crippen LogP contribution in [0.15, 0.2) is 53.5 Å². The number of amides is 1. The van der Waals surface area contributed by atoms with Crippen molar-refractivity contribution in [1.29, 1.82) is 0 Å². The van der Waals surface area contributed by atoms with Gasteiger partial charge in [-0.3, -0.25) is 9.69 Å². The smallest absolute Gasteiger partial charge is 0.242 e. The molecule has 0 saturated carbocycles. The minimum atomic E-state index is 0.0998. The van der Waals surface area contributed by atoms with E-state index in [9.17, 15) is 4.79 Å². The number of hydrogen-bond acceptors (Lipinski definition) is 4. The van der Waals surface area contributed by atoms with Gasteiger partial charge in [0.2, 0.25) is 5.91 Å². The van der Waals surface area contributed by atoms with Crippen molar-refractivity contribution < 1.29 is 9.53 Å². The normalized spacial score (nSPS) is 16.9. The molecule has 0 unspecified atom stereocenters. The first-order chi connectivity index (χ1) is 16.2. The summed E-state index contributed by atoms with van der Waals surface area (Å²) in [4.78, 5) is 22.0. The lowest BCUT2D eigenvalue weighted by atomic mass is 10.00. The molecular formula is C26H35N5O2. The lowest BCUT2D eigenvalue weighted by molar-refractivity contribution is -0.130. The van der Waals surface area contributed by atoms with E-state index >= 15 is 0 Å². The summed E-state index contributed by atoms with van der Waals surface area (Å²) >= 11 is 0. The number of ether oxygens (including phenoxy) is 1. The summed E-state index contributed by atoms with van der Waals surface area (Å²) in [6.07, 6.45) is 0.913. The molecule has 2 aliphatic heterocycles. The molecule has 0 aromatic heterocycles. The van der Waals surface area contributed by atoms with Crippen LogP contribution in [0.5, 0.6) is 0 Å². The SMILES string of the molecule is CCNC(=NCc1ccccc1CN1CCOCC1)NCC(=O)N1CCc2ccccc2C1. The van der Waals surface area contributed by atoms with Crippen molar-refractivity contribution in [3.63, 3.8) is 0 Å². The fourth-order valence-corrected chi connectivity index (χ4v) is 4.35. The van der Waals surface area contributed by atoms with Gasteiger partial charge in [0.25, 0.3) is 0 Å². The van der Waals surface area contributed by atoms with E-state index < -0.39 is 0 Å². The first kappa shape index (κ1) is 23.3. The highest BCUT2D eigenvalue weighted by molar-refractivity contribution is 5.86. The first-order valence-electron chi connectivity index (χ1n) is 12.0. The molecule has 2 aromatic rings. The largest absolute Gasteiger partial charge is 0.379 e. The molecule has 2 N–H and O–H groups in total. The molecule has 0 atom stereocenters. The predicted molar refractivity (Wildman–Crippen MR) is 131 cm³/mol. The molecule has 0 spiro atoms. The van der Waals surface area contributed by atoms with Crippen LogP contribution in [0.4, 0.5) is 0 Å². The number of hydrogen-bond donors (Lipinski definition) is 2. The molecule has 1 saturated heterocycles. The predicted octanol–water partition coefficient (Wildman–Crippen LogP) is 2.16. The van der Waals surface area contributed by atoms with Gasteiger partial charge < -0.3 is 20.3 Å². The molecule has 7 heteroatoms. The van der Waals surface area contributed by atoms with E-state index in [1.165, 1.54) is 22.3 Å². The van der Waals surface area contributed by atoms with Crippen LogP contribution in [0.3, 0.4) is 0 Å². The van der Waals surface area contributed by atoms with Gasteiger partial charge >= 0.3 is 0 Å². The van der Waals surface area contributed by atoms with Crippen molar-refractivity contribution in [2.24, 2.45) is 4.99 Å². The molecule has 0 aliphatic carbocycles. The molecule has 0 bridgehead atoms. The number of nitrogens with one attached hydrogen (secondary N) is 2. The molecule has 2 heterocycles. The summed E-state index contributed by atoms with van der Waals surface area (Å²) in [5, 5.41) is 6.50. The van der Waals surface area contributed by atoms with Crippen LogP contribution in [-0.4, -0.2) is 67.6 Å². The minimum Gasteiger partial charge on any atom is -0.379 e. The summed E-state index contributed by atoms with van der Waals surface area (Å²) in [5.41, 5.74) is 5.09. The second-order valence-corrected chi connectivity index (χ2v) is 8.54. The molecule has 2 aromatic carbocycles. The monoisotopic (exact) mass is 449 g/mol. The van der Waals surface area contributed by atoms with Crippen molar-refractivity contribution in [2.75, 3.05) is 45.9 Å². The summed E-state index contributed by atoms with van der Waals surface area (Å²) in [5.74, 6) is 0.771. The van der Waals surface area contributed by atoms with E-state index in [4.69, 9.17) is 9.73 Å². The van der Waals surface area contributed by atoms with Gasteiger partial charge in [-0.1, -0.05) is 48.5 Å². The Balaban J connectivity index is 1.34. The third-order valence-corrected chi connectivity index (χ3v) is 6.26. The Morgan fingerprint density at radius 1 is 0.970 bits per heavy atom. The van der Waals surface area contributed by atoms with Gasteiger partial charge in [0.05, 0.1) is 26.3 Å². The fraction of sp³-hybridized carbons (Fsp3) is 0.462. The molecule has 4 rings (SSSR count). The summed E-state index contributed by atoms with van der Waals surface area (Å²) in [7, 11) is 0. The number of benzene rings is 2. The Kier molecular flexibility index (Phi) is 8.33. The summed E-state index contributed by atoms with van der Waals surface area (Å²) < 4.78 is 5.47. The van der Waals surface area contributed by atoms with E-state index in [-0.39, 0.29) is 12.5 Å². The standard InChI is InChI=1S/C26H35N5O2/c1-2-27-26(29-18-25(32)31-12-11-21-7-3-5-10-24(21)20-31)28-17-22-8-4-6-9-23(22)19-30-13-15-33-16-14-30/h3-10H,2,11-20H2,1H3,(H2,27,28,29). The van der Waals surface area contributed by atoms with Crippen LogP contribution in [-0.2, 0) is 35.6 Å². The maximum atomic E-state index is 12.8. The topological polar surface area (TPSA) is 69.2 Å². The highest BCUT2D eigenvalue weighted by Crippen LogP contribution is 2.18. The van der Waals surface area contributed by atoms with Crippen molar-refractivity contribution in [2.45, 2.75) is 33.0 Å². The average Bonchev–Trinajstić information content (AvgIpc) is 2.86. The number of morpholine rings is 1. The van der Waals surface area contributed by atoms with Gasteiger partial charge in [-0.15, -0.1) is 0 Å². The van der Waals surface area contributed by atoms with Crippen molar-refractivity contribution >= 4 is 11.9 Å². The molecule has 1 amide bonds. The van der Waals surface area contributed by atoms with E-state index in [0.717, 1.165) is 52.4 Å². The number of nitrogens with zero attached hydrogens (tertiary/aromatic N) is 3. The van der Waals surface area contributed by atoms with Crippen LogP contribution >= 0.6 is 0 Å². The Hall–Kier alpha value is -2.90. The number of guanidine groups is 1. The van der Waals surface area contributed by atoms with E-state index in [1.807, 2.05) is 17.9 Å². The quantitative estimate of drug-likeness (QED) is 0.501. The van der Waals surface area contributed by atoms with Gasteiger partial charge in [-0.2, -0.15) is 0 Å². The fourth-order valence-electron chi connectivity index (χ4n) is 4.35. The second-order valence-electron chi connectivity index (χ2n) is 8.54. The highest BCUT2D eigenvalue weighted by Gasteiger charge is 2.20. The van der Waals surface area contributed by atoms with Crippen LogP contribution in [0.2, 0.25) is 0 Å². The van der Waals surface area contributed by atoms with Gasteiger partial charge in [0, 0.05) is 39.3 Å². The van der Waals surface area contributed by atoms with E-state index in [0.29, 0.717) is 19.0 Å². The lowest BCUT2D eigenvalue weighted by Crippen LogP contribution is -2.46. The van der Waals surface area contributed by atoms with Gasteiger partial charge in [0.1, 0.15) is 0 Å². The Morgan fingerprint density at radius 3 is 2.48 bits per heavy atom. The maximum Gasteiger partial charge on any atom is 0.242 e. The Labute approximate surface area is 196 Å². The van der Waals surface area contributed by atoms with Crippen LogP contribution in [0, 0.1) is 0 Å². The Bertz CT molecular complexity index is 955. The van der Waals surface area contributed by atoms with Gasteiger partial charge in [-0.05, 0) is 35.6 Å². The first-order valence-corrected chi connectivity index (χ1v) is 12.0. The molecule has 176 valence electrons. The molecule has 33 heavy (non-hydrogen) atoms. The second kappa shape index (κ2) is 11.8. The highest BCUT2D eigenvalue weighted by atomic mass is 16.5. The third kappa shape index (κ3) is 6.55. The van der Waals surface area contributed by atoms with Crippen LogP contribution in [0.25, 0.3) is 0 Å². The molecule has 2 aliphatic rings. The van der Waals surface area contributed by atoms with Crippen molar-refractivity contribution in [3.8, 4) is 0 Å². The number of rotatable bonds is 7. The number of fused-ring (bicyclic) bond motifs is 1. The van der Waals surface area contributed by atoms with Crippen LogP contribution in [0.1, 0.15) is 29.2 Å². The van der Waals surface area contributed by atoms with Crippen LogP contribution < -0.4 is 10.6 Å². The molecule has 7 nitrogen and oxygen atoms in total. The van der Waals surface area contributed by atoms with E-state index in [2.05, 4.69) is 58.0 Å². The van der Waals surface area contributed by atoms with Gasteiger partial charge in [-0.25, -0.2) is 4.99 Å². The third-order valence-electron chi connectivity index (χ3n) is 6.26. The van der Waals surface area contributed by atoms with Crippen molar-refractivity contribution in [3.05, 3.63) is 70.8 Å². The molecular weight excluding hydrogens is 414 g/mol. The minimum absolute atomic E-state index is 0.0998. The number of carbonyl (C=O) groups excluding carboxylic acids is 1. The summed E-state index contributed by atoms with van der Waals surface area (Å²) in [6, 6.07) is 16.8. The lowest BCUT2D eigenvalue weighted by Gasteiger charge is -2.29. The Morgan fingerprint density at radius 2 is 1.70 bits per heavy atom. The number of carbonyl (C=O) groups is 1. The zero-order valence-electron chi connectivity index (χ0n) is 19.6. The maximum absolute atomic E-state index is 12.8. The van der Waals surface area contributed by atoms with Crippen molar-refractivity contribution in [1.82, 2.24) is 20.4 Å².